The van der Waals surface area contributed by atoms with Crippen molar-refractivity contribution in [2.45, 2.75) is 24.3 Å². The van der Waals surface area contributed by atoms with Crippen molar-refractivity contribution < 1.29 is 27.5 Å². The summed E-state index contributed by atoms with van der Waals surface area (Å²) in [4.78, 5) is 22.3. The molecule has 2 aromatic rings. The van der Waals surface area contributed by atoms with E-state index in [1.165, 1.54) is 30.5 Å². The lowest BCUT2D eigenvalue weighted by atomic mass is 10.2. The number of nitrogens with one attached hydrogen (secondary N) is 2. The fourth-order valence-electron chi connectivity index (χ4n) is 1.99. The summed E-state index contributed by atoms with van der Waals surface area (Å²) < 4.78 is 31.8. The number of carboxylic acid groups (broad SMARTS) is 1. The molecule has 1 amide bonds. The van der Waals surface area contributed by atoms with E-state index in [0.717, 1.165) is 0 Å². The van der Waals surface area contributed by atoms with Gasteiger partial charge in [-0.25, -0.2) is 13.1 Å². The SMILES string of the molecule is O=C(O)CCCNC(=O)c1ccc(S(=O)(=O)NCc2ccco2)cc1. The fourth-order valence-corrected chi connectivity index (χ4v) is 2.99. The second-order valence-electron chi connectivity index (χ2n) is 5.18. The van der Waals surface area contributed by atoms with Crippen LogP contribution in [0.2, 0.25) is 0 Å². The maximum absolute atomic E-state index is 12.2. The molecule has 0 atom stereocenters. The molecule has 0 bridgehead atoms. The summed E-state index contributed by atoms with van der Waals surface area (Å²) in [7, 11) is -3.72. The van der Waals surface area contributed by atoms with Crippen LogP contribution in [0.25, 0.3) is 0 Å². The molecule has 1 heterocycles. The highest BCUT2D eigenvalue weighted by Crippen LogP contribution is 2.11. The molecule has 0 aliphatic heterocycles. The molecule has 25 heavy (non-hydrogen) atoms. The first kappa shape index (κ1) is 18.7. The minimum atomic E-state index is -3.72. The van der Waals surface area contributed by atoms with Crippen LogP contribution in [0.1, 0.15) is 29.0 Å². The molecule has 1 aromatic heterocycles. The first-order valence-corrected chi connectivity index (χ1v) is 8.99. The van der Waals surface area contributed by atoms with Gasteiger partial charge in [-0.3, -0.25) is 9.59 Å². The van der Waals surface area contributed by atoms with Crippen LogP contribution in [0, 0.1) is 0 Å². The van der Waals surface area contributed by atoms with E-state index >= 15 is 0 Å². The van der Waals surface area contributed by atoms with Crippen molar-refractivity contribution in [2.75, 3.05) is 6.54 Å². The van der Waals surface area contributed by atoms with Crippen LogP contribution in [0.15, 0.2) is 52.0 Å². The molecule has 134 valence electrons. The summed E-state index contributed by atoms with van der Waals surface area (Å²) in [5.41, 5.74) is 0.292. The van der Waals surface area contributed by atoms with Gasteiger partial charge in [0, 0.05) is 18.5 Å². The molecule has 0 spiro atoms. The number of aliphatic carboxylic acids is 1. The Labute approximate surface area is 144 Å². The van der Waals surface area contributed by atoms with E-state index in [-0.39, 0.29) is 24.4 Å². The van der Waals surface area contributed by atoms with Crippen LogP contribution in [0.4, 0.5) is 0 Å². The van der Waals surface area contributed by atoms with Gasteiger partial charge >= 0.3 is 5.97 Å². The third kappa shape index (κ3) is 5.73. The number of furan rings is 1. The van der Waals surface area contributed by atoms with Crippen molar-refractivity contribution in [3.63, 3.8) is 0 Å². The molecule has 2 rings (SSSR count). The molecule has 0 saturated heterocycles. The normalized spacial score (nSPS) is 11.2. The number of rotatable bonds is 9. The van der Waals surface area contributed by atoms with Crippen molar-refractivity contribution in [3.05, 3.63) is 54.0 Å². The first-order chi connectivity index (χ1) is 11.9. The Hall–Kier alpha value is -2.65. The van der Waals surface area contributed by atoms with Crippen LogP contribution in [0.3, 0.4) is 0 Å². The third-order valence-corrected chi connectivity index (χ3v) is 4.71. The third-order valence-electron chi connectivity index (χ3n) is 3.30. The van der Waals surface area contributed by atoms with E-state index in [1.54, 1.807) is 12.1 Å². The monoisotopic (exact) mass is 366 g/mol. The summed E-state index contributed by atoms with van der Waals surface area (Å²) in [5, 5.41) is 11.1. The van der Waals surface area contributed by atoms with Crippen LogP contribution in [0.5, 0.6) is 0 Å². The Bertz CT molecular complexity index is 813. The summed E-state index contributed by atoms with van der Waals surface area (Å²) in [6.45, 7) is 0.261. The van der Waals surface area contributed by atoms with Crippen molar-refractivity contribution in [2.24, 2.45) is 0 Å². The summed E-state index contributed by atoms with van der Waals surface area (Å²) >= 11 is 0. The van der Waals surface area contributed by atoms with Gasteiger partial charge in [-0.05, 0) is 42.8 Å². The highest BCUT2D eigenvalue weighted by Gasteiger charge is 2.15. The minimum absolute atomic E-state index is 0.0289. The van der Waals surface area contributed by atoms with Gasteiger partial charge in [-0.2, -0.15) is 0 Å². The maximum atomic E-state index is 12.2. The predicted molar refractivity (Wildman–Crippen MR) is 88.4 cm³/mol. The van der Waals surface area contributed by atoms with Crippen LogP contribution >= 0.6 is 0 Å². The first-order valence-electron chi connectivity index (χ1n) is 7.50. The van der Waals surface area contributed by atoms with Gasteiger partial charge in [-0.15, -0.1) is 0 Å². The number of hydrogen-bond acceptors (Lipinski definition) is 5. The van der Waals surface area contributed by atoms with E-state index in [2.05, 4.69) is 10.0 Å². The Morgan fingerprint density at radius 2 is 1.84 bits per heavy atom. The lowest BCUT2D eigenvalue weighted by molar-refractivity contribution is -0.137. The summed E-state index contributed by atoms with van der Waals surface area (Å²) in [6.07, 6.45) is 1.75. The smallest absolute Gasteiger partial charge is 0.303 e. The zero-order valence-corrected chi connectivity index (χ0v) is 14.1. The quantitative estimate of drug-likeness (QED) is 0.575. The van der Waals surface area contributed by atoms with Gasteiger partial charge in [0.05, 0.1) is 17.7 Å². The zero-order chi connectivity index (χ0) is 18.3. The Morgan fingerprint density at radius 1 is 1.12 bits per heavy atom. The number of carbonyl (C=O) groups is 2. The number of sulfonamides is 1. The molecule has 0 fully saturated rings. The van der Waals surface area contributed by atoms with Crippen molar-refractivity contribution >= 4 is 21.9 Å². The number of carbonyl (C=O) groups excluding carboxylic acids is 1. The van der Waals surface area contributed by atoms with E-state index < -0.39 is 21.9 Å². The molecule has 3 N–H and O–H groups in total. The number of benzene rings is 1. The molecular weight excluding hydrogens is 348 g/mol. The number of hydrogen-bond donors (Lipinski definition) is 3. The molecule has 1 aromatic carbocycles. The molecule has 0 aliphatic rings. The fraction of sp³-hybridized carbons (Fsp3) is 0.250. The maximum Gasteiger partial charge on any atom is 0.303 e. The lowest BCUT2D eigenvalue weighted by Crippen LogP contribution is -2.25. The van der Waals surface area contributed by atoms with Crippen molar-refractivity contribution in [1.82, 2.24) is 10.0 Å². The van der Waals surface area contributed by atoms with Crippen LogP contribution in [-0.4, -0.2) is 31.9 Å². The van der Waals surface area contributed by atoms with Crippen molar-refractivity contribution in [1.29, 1.82) is 0 Å². The number of carboxylic acids is 1. The van der Waals surface area contributed by atoms with E-state index in [4.69, 9.17) is 9.52 Å². The van der Waals surface area contributed by atoms with E-state index in [1.807, 2.05) is 0 Å². The van der Waals surface area contributed by atoms with Gasteiger partial charge in [0.1, 0.15) is 5.76 Å². The summed E-state index contributed by atoms with van der Waals surface area (Å²) in [5.74, 6) is -0.829. The molecule has 0 unspecified atom stereocenters. The molecule has 0 aliphatic carbocycles. The standard InChI is InChI=1S/C16H18N2O6S/c19-15(20)4-1-9-17-16(21)12-5-7-14(8-6-12)25(22,23)18-11-13-3-2-10-24-13/h2-3,5-8,10,18H,1,4,9,11H2,(H,17,21)(H,19,20). The average molecular weight is 366 g/mol. The van der Waals surface area contributed by atoms with Gasteiger partial charge in [-0.1, -0.05) is 0 Å². The Kier molecular flexibility index (Phi) is 6.31. The zero-order valence-electron chi connectivity index (χ0n) is 13.3. The largest absolute Gasteiger partial charge is 0.481 e. The Morgan fingerprint density at radius 3 is 2.44 bits per heavy atom. The second kappa shape index (κ2) is 8.45. The molecular formula is C16H18N2O6S. The Balaban J connectivity index is 1.91. The van der Waals surface area contributed by atoms with E-state index in [9.17, 15) is 18.0 Å². The molecule has 0 radical (unpaired) electrons. The predicted octanol–water partition coefficient (Wildman–Crippen LogP) is 1.35. The van der Waals surface area contributed by atoms with Gasteiger partial charge in [0.2, 0.25) is 10.0 Å². The second-order valence-corrected chi connectivity index (χ2v) is 6.95. The van der Waals surface area contributed by atoms with Crippen molar-refractivity contribution in [3.8, 4) is 0 Å². The van der Waals surface area contributed by atoms with Crippen LogP contribution < -0.4 is 10.0 Å². The van der Waals surface area contributed by atoms with Crippen LogP contribution in [-0.2, 0) is 21.4 Å². The minimum Gasteiger partial charge on any atom is -0.481 e. The molecule has 0 saturated carbocycles. The average Bonchev–Trinajstić information content (AvgIpc) is 3.10. The highest BCUT2D eigenvalue weighted by atomic mass is 32.2. The number of amides is 1. The lowest BCUT2D eigenvalue weighted by Gasteiger charge is -2.07. The highest BCUT2D eigenvalue weighted by molar-refractivity contribution is 7.89. The summed E-state index contributed by atoms with van der Waals surface area (Å²) in [6, 6.07) is 8.77. The van der Waals surface area contributed by atoms with E-state index in [0.29, 0.717) is 17.7 Å². The molecule has 8 nitrogen and oxygen atoms in total. The van der Waals surface area contributed by atoms with Gasteiger partial charge in [0.15, 0.2) is 0 Å². The molecule has 9 heteroatoms. The topological polar surface area (TPSA) is 126 Å². The van der Waals surface area contributed by atoms with Gasteiger partial charge < -0.3 is 14.8 Å². The van der Waals surface area contributed by atoms with Gasteiger partial charge in [0.25, 0.3) is 5.91 Å².